The number of rotatable bonds is 4. The summed E-state index contributed by atoms with van der Waals surface area (Å²) < 4.78 is 21.9. The van der Waals surface area contributed by atoms with Gasteiger partial charge in [0.05, 0.1) is 13.2 Å². The van der Waals surface area contributed by atoms with Gasteiger partial charge in [-0.15, -0.1) is 0 Å². The van der Waals surface area contributed by atoms with Gasteiger partial charge in [0.1, 0.15) is 5.52 Å². The zero-order chi connectivity index (χ0) is 17.8. The molecular formula is C20H17NO5. The van der Waals surface area contributed by atoms with Crippen molar-refractivity contribution in [2.45, 2.75) is 13.0 Å². The number of esters is 1. The average molecular weight is 351 g/mol. The first-order valence-electron chi connectivity index (χ1n) is 8.37. The lowest BCUT2D eigenvalue weighted by molar-refractivity contribution is -0.139. The second kappa shape index (κ2) is 7.31. The lowest BCUT2D eigenvalue weighted by Gasteiger charge is -2.07. The standard InChI is InChI=1S/C20H17NO5/c22-20(25-13-19-21-15-4-1-2-5-16(15)26-19)9-7-14-6-8-17-18(12-14)24-11-3-10-23-17/h1-2,4-9,12H,3,10-11,13H2/b9-7+. The largest absolute Gasteiger partial charge is 0.490 e. The van der Waals surface area contributed by atoms with Gasteiger partial charge in [0, 0.05) is 12.5 Å². The molecule has 1 aliphatic heterocycles. The number of oxazole rings is 1. The number of para-hydroxylation sites is 2. The van der Waals surface area contributed by atoms with E-state index in [0.717, 1.165) is 23.3 Å². The van der Waals surface area contributed by atoms with Crippen LogP contribution in [-0.4, -0.2) is 24.2 Å². The first-order chi connectivity index (χ1) is 12.8. The van der Waals surface area contributed by atoms with Crippen molar-refractivity contribution in [3.63, 3.8) is 0 Å². The predicted molar refractivity (Wildman–Crippen MR) is 94.9 cm³/mol. The number of hydrogen-bond acceptors (Lipinski definition) is 6. The SMILES string of the molecule is O=C(/C=C/c1ccc2c(c1)OCCCO2)OCc1nc2ccccc2o1. The summed E-state index contributed by atoms with van der Waals surface area (Å²) in [4.78, 5) is 16.2. The molecule has 0 radical (unpaired) electrons. The molecule has 132 valence electrons. The number of aromatic nitrogens is 1. The Morgan fingerprint density at radius 1 is 1.12 bits per heavy atom. The first kappa shape index (κ1) is 16.2. The van der Waals surface area contributed by atoms with Crippen LogP contribution in [0.5, 0.6) is 11.5 Å². The van der Waals surface area contributed by atoms with Gasteiger partial charge in [-0.05, 0) is 35.9 Å². The summed E-state index contributed by atoms with van der Waals surface area (Å²) in [6, 6.07) is 12.9. The molecule has 0 atom stereocenters. The van der Waals surface area contributed by atoms with Crippen molar-refractivity contribution >= 4 is 23.1 Å². The van der Waals surface area contributed by atoms with Crippen LogP contribution >= 0.6 is 0 Å². The van der Waals surface area contributed by atoms with E-state index in [1.807, 2.05) is 42.5 Å². The van der Waals surface area contributed by atoms with Crippen molar-refractivity contribution in [2.24, 2.45) is 0 Å². The Kier molecular flexibility index (Phi) is 4.55. The molecule has 0 unspecified atom stereocenters. The van der Waals surface area contributed by atoms with Gasteiger partial charge in [-0.25, -0.2) is 9.78 Å². The smallest absolute Gasteiger partial charge is 0.331 e. The highest BCUT2D eigenvalue weighted by Crippen LogP contribution is 2.30. The van der Waals surface area contributed by atoms with E-state index in [1.165, 1.54) is 6.08 Å². The van der Waals surface area contributed by atoms with Crippen LogP contribution < -0.4 is 9.47 Å². The van der Waals surface area contributed by atoms with E-state index in [2.05, 4.69) is 4.98 Å². The van der Waals surface area contributed by atoms with Crippen molar-refractivity contribution in [3.05, 3.63) is 60.0 Å². The number of ether oxygens (including phenoxy) is 3. The summed E-state index contributed by atoms with van der Waals surface area (Å²) in [6.45, 7) is 1.25. The molecule has 4 rings (SSSR count). The third-order valence-corrected chi connectivity index (χ3v) is 3.86. The van der Waals surface area contributed by atoms with Gasteiger partial charge in [0.2, 0.25) is 5.89 Å². The fraction of sp³-hybridized carbons (Fsp3) is 0.200. The monoisotopic (exact) mass is 351 g/mol. The van der Waals surface area contributed by atoms with Gasteiger partial charge in [-0.3, -0.25) is 0 Å². The number of carbonyl (C=O) groups excluding carboxylic acids is 1. The molecule has 0 N–H and O–H groups in total. The number of benzene rings is 2. The highest BCUT2D eigenvalue weighted by Gasteiger charge is 2.10. The summed E-state index contributed by atoms with van der Waals surface area (Å²) in [7, 11) is 0. The quantitative estimate of drug-likeness (QED) is 0.527. The molecule has 0 aliphatic carbocycles. The van der Waals surface area contributed by atoms with Gasteiger partial charge in [-0.1, -0.05) is 18.2 Å². The van der Waals surface area contributed by atoms with E-state index in [1.54, 1.807) is 6.08 Å². The molecule has 1 aromatic heterocycles. The molecule has 0 saturated carbocycles. The van der Waals surface area contributed by atoms with Gasteiger partial charge < -0.3 is 18.6 Å². The van der Waals surface area contributed by atoms with Crippen LogP contribution in [-0.2, 0) is 16.1 Å². The Morgan fingerprint density at radius 3 is 2.85 bits per heavy atom. The van der Waals surface area contributed by atoms with Crippen molar-refractivity contribution in [3.8, 4) is 11.5 Å². The van der Waals surface area contributed by atoms with Crippen LogP contribution in [0.4, 0.5) is 0 Å². The molecule has 2 aromatic carbocycles. The summed E-state index contributed by atoms with van der Waals surface area (Å²) in [5.41, 5.74) is 2.23. The second-order valence-corrected chi connectivity index (χ2v) is 5.77. The highest BCUT2D eigenvalue weighted by molar-refractivity contribution is 5.87. The van der Waals surface area contributed by atoms with E-state index in [9.17, 15) is 4.79 Å². The maximum absolute atomic E-state index is 11.9. The minimum absolute atomic E-state index is 0.0149. The minimum Gasteiger partial charge on any atom is -0.490 e. The molecule has 0 fully saturated rings. The summed E-state index contributed by atoms with van der Waals surface area (Å²) >= 11 is 0. The lowest BCUT2D eigenvalue weighted by Crippen LogP contribution is -2.00. The molecule has 0 bridgehead atoms. The number of fused-ring (bicyclic) bond motifs is 2. The normalized spacial score (nSPS) is 13.7. The fourth-order valence-corrected chi connectivity index (χ4v) is 2.61. The summed E-state index contributed by atoms with van der Waals surface area (Å²) in [5, 5.41) is 0. The topological polar surface area (TPSA) is 70.8 Å². The maximum Gasteiger partial charge on any atom is 0.331 e. The van der Waals surface area contributed by atoms with E-state index >= 15 is 0 Å². The van der Waals surface area contributed by atoms with E-state index < -0.39 is 5.97 Å². The lowest BCUT2D eigenvalue weighted by atomic mass is 10.2. The van der Waals surface area contributed by atoms with Crippen molar-refractivity contribution < 1.29 is 23.4 Å². The molecule has 26 heavy (non-hydrogen) atoms. The predicted octanol–water partition coefficient (Wildman–Crippen LogP) is 3.75. The Bertz CT molecular complexity index is 927. The third kappa shape index (κ3) is 3.69. The van der Waals surface area contributed by atoms with Gasteiger partial charge >= 0.3 is 5.97 Å². The second-order valence-electron chi connectivity index (χ2n) is 5.77. The van der Waals surface area contributed by atoms with Crippen molar-refractivity contribution in [2.75, 3.05) is 13.2 Å². The summed E-state index contributed by atoms with van der Waals surface area (Å²) in [6.07, 6.45) is 3.88. The van der Waals surface area contributed by atoms with Crippen LogP contribution in [0.2, 0.25) is 0 Å². The van der Waals surface area contributed by atoms with Crippen LogP contribution in [0.3, 0.4) is 0 Å². The number of nitrogens with zero attached hydrogens (tertiary/aromatic N) is 1. The molecule has 0 saturated heterocycles. The Balaban J connectivity index is 1.37. The molecule has 6 heteroatoms. The van der Waals surface area contributed by atoms with Crippen LogP contribution in [0.15, 0.2) is 53.0 Å². The van der Waals surface area contributed by atoms with E-state index in [4.69, 9.17) is 18.6 Å². The zero-order valence-electron chi connectivity index (χ0n) is 14.0. The third-order valence-electron chi connectivity index (χ3n) is 3.86. The van der Waals surface area contributed by atoms with Crippen LogP contribution in [0.1, 0.15) is 17.9 Å². The van der Waals surface area contributed by atoms with Crippen molar-refractivity contribution in [1.29, 1.82) is 0 Å². The maximum atomic E-state index is 11.9. The Morgan fingerprint density at radius 2 is 1.96 bits per heavy atom. The molecular weight excluding hydrogens is 334 g/mol. The molecule has 3 aromatic rings. The fourth-order valence-electron chi connectivity index (χ4n) is 2.61. The Labute approximate surface area is 150 Å². The van der Waals surface area contributed by atoms with E-state index in [0.29, 0.717) is 30.4 Å². The zero-order valence-corrected chi connectivity index (χ0v) is 14.0. The molecule has 0 amide bonds. The highest BCUT2D eigenvalue weighted by atomic mass is 16.5. The van der Waals surface area contributed by atoms with Gasteiger partial charge in [0.25, 0.3) is 0 Å². The molecule has 0 spiro atoms. The van der Waals surface area contributed by atoms with Gasteiger partial charge in [0.15, 0.2) is 23.7 Å². The first-order valence-corrected chi connectivity index (χ1v) is 8.37. The molecule has 2 heterocycles. The van der Waals surface area contributed by atoms with Crippen LogP contribution in [0.25, 0.3) is 17.2 Å². The van der Waals surface area contributed by atoms with Crippen LogP contribution in [0, 0.1) is 0 Å². The average Bonchev–Trinajstić information content (AvgIpc) is 2.94. The van der Waals surface area contributed by atoms with E-state index in [-0.39, 0.29) is 6.61 Å². The van der Waals surface area contributed by atoms with Gasteiger partial charge in [-0.2, -0.15) is 0 Å². The Hall–Kier alpha value is -3.28. The van der Waals surface area contributed by atoms with Crippen molar-refractivity contribution in [1.82, 2.24) is 4.98 Å². The summed E-state index contributed by atoms with van der Waals surface area (Å²) in [5.74, 6) is 1.30. The number of carbonyl (C=O) groups is 1. The molecule has 6 nitrogen and oxygen atoms in total. The number of hydrogen-bond donors (Lipinski definition) is 0. The minimum atomic E-state index is -0.473. The molecule has 1 aliphatic rings.